The van der Waals surface area contributed by atoms with Crippen molar-refractivity contribution in [2.24, 2.45) is 56.7 Å². The number of hydrogen-bond acceptors (Lipinski definition) is 3. The minimum Gasteiger partial charge on any atom is -0.396 e. The summed E-state index contributed by atoms with van der Waals surface area (Å²) in [6, 6.07) is 0. The zero-order valence-electron chi connectivity index (χ0n) is 22.3. The van der Waals surface area contributed by atoms with Gasteiger partial charge in [0.05, 0.1) is 12.2 Å². The standard InChI is InChI=1S/C30H50O3/c1-26(2)15-19-20-8-9-23-28(5)12-11-24(33)27(3,4)22(28)10-13-29(23,6)30(20,7)14-18(17-31)25(19)21(32)16-26/h8,18-19,21-25,31-33H,9-17H2,1-7H3/t18-,19+,21+,22+,23-,24+,25-,28+,29-,30-/m1/s1. The van der Waals surface area contributed by atoms with Crippen molar-refractivity contribution in [2.45, 2.75) is 112 Å². The summed E-state index contributed by atoms with van der Waals surface area (Å²) >= 11 is 0. The lowest BCUT2D eigenvalue weighted by molar-refractivity contribution is -0.207. The van der Waals surface area contributed by atoms with Gasteiger partial charge in [0.2, 0.25) is 0 Å². The highest BCUT2D eigenvalue weighted by atomic mass is 16.3. The minimum absolute atomic E-state index is 0.0258. The predicted octanol–water partition coefficient (Wildman–Crippen LogP) is 5.97. The molecule has 0 amide bonds. The Labute approximate surface area is 202 Å². The molecular weight excluding hydrogens is 408 g/mol. The lowest BCUT2D eigenvalue weighted by atomic mass is 9.34. The Morgan fingerprint density at radius 1 is 0.879 bits per heavy atom. The van der Waals surface area contributed by atoms with Gasteiger partial charge >= 0.3 is 0 Å². The molecule has 33 heavy (non-hydrogen) atoms. The second-order valence-corrected chi connectivity index (χ2v) is 15.1. The monoisotopic (exact) mass is 458 g/mol. The van der Waals surface area contributed by atoms with E-state index in [4.69, 9.17) is 0 Å². The quantitative estimate of drug-likeness (QED) is 0.424. The van der Waals surface area contributed by atoms with Crippen LogP contribution >= 0.6 is 0 Å². The second kappa shape index (κ2) is 7.32. The Bertz CT molecular complexity index is 828. The van der Waals surface area contributed by atoms with Crippen molar-refractivity contribution >= 4 is 0 Å². The fourth-order valence-electron chi connectivity index (χ4n) is 11.0. The van der Waals surface area contributed by atoms with Crippen LogP contribution in [0.15, 0.2) is 11.6 Å². The Kier molecular flexibility index (Phi) is 5.40. The summed E-state index contributed by atoms with van der Waals surface area (Å²) in [7, 11) is 0. The topological polar surface area (TPSA) is 60.7 Å². The van der Waals surface area contributed by atoms with Gasteiger partial charge in [-0.2, -0.15) is 0 Å². The van der Waals surface area contributed by atoms with Gasteiger partial charge in [-0.05, 0) is 108 Å². The van der Waals surface area contributed by atoms with E-state index >= 15 is 0 Å². The van der Waals surface area contributed by atoms with Gasteiger partial charge in [-0.1, -0.05) is 60.1 Å². The summed E-state index contributed by atoms with van der Waals surface area (Å²) in [6.07, 6.45) is 10.7. The molecule has 0 spiro atoms. The molecule has 188 valence electrons. The lowest BCUT2D eigenvalue weighted by Gasteiger charge is -2.71. The maximum Gasteiger partial charge on any atom is 0.0594 e. The van der Waals surface area contributed by atoms with Gasteiger partial charge in [0, 0.05) is 6.61 Å². The highest BCUT2D eigenvalue weighted by molar-refractivity contribution is 5.33. The van der Waals surface area contributed by atoms with Gasteiger partial charge in [0.1, 0.15) is 0 Å². The van der Waals surface area contributed by atoms with Crippen LogP contribution in [0.4, 0.5) is 0 Å². The van der Waals surface area contributed by atoms with E-state index in [2.05, 4.69) is 54.5 Å². The summed E-state index contributed by atoms with van der Waals surface area (Å²) in [5.74, 6) is 1.97. The summed E-state index contributed by atoms with van der Waals surface area (Å²) in [4.78, 5) is 0. The lowest BCUT2D eigenvalue weighted by Crippen LogP contribution is -2.65. The first-order valence-corrected chi connectivity index (χ1v) is 13.9. The van der Waals surface area contributed by atoms with Crippen LogP contribution in [0.5, 0.6) is 0 Å². The molecule has 3 N–H and O–H groups in total. The number of aliphatic hydroxyl groups is 3. The molecule has 0 unspecified atom stereocenters. The van der Waals surface area contributed by atoms with E-state index in [0.717, 1.165) is 38.5 Å². The summed E-state index contributed by atoms with van der Waals surface area (Å²) in [6.45, 7) is 17.1. The average Bonchev–Trinajstić information content (AvgIpc) is 2.70. The molecule has 4 fully saturated rings. The van der Waals surface area contributed by atoms with Gasteiger partial charge in [0.25, 0.3) is 0 Å². The Morgan fingerprint density at radius 3 is 2.24 bits per heavy atom. The maximum absolute atomic E-state index is 11.2. The Morgan fingerprint density at radius 2 is 1.58 bits per heavy atom. The van der Waals surface area contributed by atoms with Crippen molar-refractivity contribution in [2.75, 3.05) is 6.61 Å². The number of hydrogen-bond donors (Lipinski definition) is 3. The van der Waals surface area contributed by atoms with Crippen LogP contribution in [-0.2, 0) is 0 Å². The Hall–Kier alpha value is -0.380. The van der Waals surface area contributed by atoms with Crippen molar-refractivity contribution in [3.05, 3.63) is 11.6 Å². The number of aliphatic hydroxyl groups excluding tert-OH is 3. The number of rotatable bonds is 1. The smallest absolute Gasteiger partial charge is 0.0594 e. The molecular formula is C30H50O3. The zero-order chi connectivity index (χ0) is 24.2. The molecule has 0 saturated heterocycles. The van der Waals surface area contributed by atoms with E-state index in [9.17, 15) is 15.3 Å². The largest absolute Gasteiger partial charge is 0.396 e. The van der Waals surface area contributed by atoms with Gasteiger partial charge in [0.15, 0.2) is 0 Å². The van der Waals surface area contributed by atoms with Crippen molar-refractivity contribution in [1.82, 2.24) is 0 Å². The molecule has 0 radical (unpaired) electrons. The predicted molar refractivity (Wildman–Crippen MR) is 133 cm³/mol. The zero-order valence-corrected chi connectivity index (χ0v) is 22.3. The second-order valence-electron chi connectivity index (χ2n) is 15.1. The van der Waals surface area contributed by atoms with Gasteiger partial charge in [-0.15, -0.1) is 0 Å². The van der Waals surface area contributed by atoms with E-state index in [1.54, 1.807) is 5.57 Å². The minimum atomic E-state index is -0.305. The summed E-state index contributed by atoms with van der Waals surface area (Å²) < 4.78 is 0. The first kappa shape index (κ1) is 24.3. The Balaban J connectivity index is 1.60. The van der Waals surface area contributed by atoms with Crippen molar-refractivity contribution in [3.8, 4) is 0 Å². The van der Waals surface area contributed by atoms with Crippen LogP contribution in [0, 0.1) is 56.7 Å². The molecule has 0 aromatic carbocycles. The van der Waals surface area contributed by atoms with Crippen LogP contribution in [0.2, 0.25) is 0 Å². The van der Waals surface area contributed by atoms with E-state index in [1.165, 1.54) is 12.8 Å². The molecule has 3 heteroatoms. The molecule has 0 bridgehead atoms. The van der Waals surface area contributed by atoms with E-state index in [1.807, 2.05) is 0 Å². The molecule has 3 nitrogen and oxygen atoms in total. The molecule has 0 heterocycles. The van der Waals surface area contributed by atoms with Gasteiger partial charge in [-0.3, -0.25) is 0 Å². The third-order valence-corrected chi connectivity index (χ3v) is 12.8. The third kappa shape index (κ3) is 3.10. The highest BCUT2D eigenvalue weighted by Gasteiger charge is 2.68. The van der Waals surface area contributed by atoms with Crippen molar-refractivity contribution in [3.63, 3.8) is 0 Å². The number of fused-ring (bicyclic) bond motifs is 7. The fraction of sp³-hybridized carbons (Fsp3) is 0.933. The van der Waals surface area contributed by atoms with Crippen LogP contribution < -0.4 is 0 Å². The number of allylic oxidation sites excluding steroid dienone is 2. The van der Waals surface area contributed by atoms with Crippen LogP contribution in [0.25, 0.3) is 0 Å². The summed E-state index contributed by atoms with van der Waals surface area (Å²) in [5.41, 5.74) is 2.27. The molecule has 0 aliphatic heterocycles. The molecule has 5 aliphatic rings. The van der Waals surface area contributed by atoms with Crippen molar-refractivity contribution < 1.29 is 15.3 Å². The highest BCUT2D eigenvalue weighted by Crippen LogP contribution is 2.74. The molecule has 5 rings (SSSR count). The first-order valence-electron chi connectivity index (χ1n) is 13.9. The van der Waals surface area contributed by atoms with Gasteiger partial charge in [-0.25, -0.2) is 0 Å². The SMILES string of the molecule is CC1(C)C[C@H](O)[C@@H]2[C@@H](CO)C[C@]3(C)C(=CC[C@@H]4[C@@]5(C)CC[C@H](O)C(C)(C)[C@@H]5CC[C@]43C)[C@@H]2C1. The van der Waals surface area contributed by atoms with Crippen LogP contribution in [-0.4, -0.2) is 34.1 Å². The van der Waals surface area contributed by atoms with Crippen LogP contribution in [0.1, 0.15) is 99.8 Å². The normalized spacial score (nSPS) is 54.8. The summed E-state index contributed by atoms with van der Waals surface area (Å²) in [5, 5.41) is 32.7. The maximum atomic E-state index is 11.2. The molecule has 4 saturated carbocycles. The van der Waals surface area contributed by atoms with Crippen LogP contribution in [0.3, 0.4) is 0 Å². The van der Waals surface area contributed by atoms with Gasteiger partial charge < -0.3 is 15.3 Å². The molecule has 10 atom stereocenters. The molecule has 0 aromatic heterocycles. The van der Waals surface area contributed by atoms with E-state index < -0.39 is 0 Å². The van der Waals surface area contributed by atoms with E-state index in [0.29, 0.717) is 17.8 Å². The third-order valence-electron chi connectivity index (χ3n) is 12.8. The molecule has 0 aromatic rings. The van der Waals surface area contributed by atoms with E-state index in [-0.39, 0.29) is 57.7 Å². The van der Waals surface area contributed by atoms with Crippen molar-refractivity contribution in [1.29, 1.82) is 0 Å². The average molecular weight is 459 g/mol. The first-order chi connectivity index (χ1) is 15.2. The fourth-order valence-corrected chi connectivity index (χ4v) is 11.0. The molecule has 5 aliphatic carbocycles.